The first kappa shape index (κ1) is 13.8. The van der Waals surface area contributed by atoms with Crippen molar-refractivity contribution in [1.82, 2.24) is 20.5 Å². The van der Waals surface area contributed by atoms with Crippen LogP contribution in [-0.4, -0.2) is 33.5 Å². The van der Waals surface area contributed by atoms with Crippen LogP contribution in [0, 0.1) is 6.92 Å². The molecule has 0 aliphatic heterocycles. The molecule has 8 heteroatoms. The molecule has 0 aromatic carbocycles. The average Bonchev–Trinajstić information content (AvgIpc) is 3.06. The summed E-state index contributed by atoms with van der Waals surface area (Å²) in [7, 11) is 0. The summed E-state index contributed by atoms with van der Waals surface area (Å²) in [5.74, 6) is 0.653. The van der Waals surface area contributed by atoms with Gasteiger partial charge in [0.25, 0.3) is 5.91 Å². The number of rotatable bonds is 6. The van der Waals surface area contributed by atoms with Crippen LogP contribution in [-0.2, 0) is 4.79 Å². The van der Waals surface area contributed by atoms with E-state index in [1.54, 1.807) is 19.1 Å². The second kappa shape index (κ2) is 6.50. The molecular formula is C12H15N5O3. The topological polar surface area (TPSA) is 113 Å². The second-order valence-corrected chi connectivity index (χ2v) is 4.13. The second-order valence-electron chi connectivity index (χ2n) is 4.13. The number of nitrogens with zero attached hydrogens (tertiary/aromatic N) is 2. The molecule has 2 heterocycles. The van der Waals surface area contributed by atoms with Gasteiger partial charge in [-0.1, -0.05) is 0 Å². The van der Waals surface area contributed by atoms with E-state index in [2.05, 4.69) is 25.8 Å². The minimum atomic E-state index is -0.292. The maximum Gasteiger partial charge on any atom is 0.286 e. The van der Waals surface area contributed by atoms with Crippen molar-refractivity contribution in [2.45, 2.75) is 19.8 Å². The molecule has 8 nitrogen and oxygen atoms in total. The van der Waals surface area contributed by atoms with Crippen molar-refractivity contribution in [2.75, 3.05) is 11.9 Å². The van der Waals surface area contributed by atoms with Crippen LogP contribution in [0.25, 0.3) is 0 Å². The molecular weight excluding hydrogens is 262 g/mol. The van der Waals surface area contributed by atoms with Crippen molar-refractivity contribution < 1.29 is 14.0 Å². The lowest BCUT2D eigenvalue weighted by molar-refractivity contribution is -0.116. The Morgan fingerprint density at radius 2 is 2.30 bits per heavy atom. The van der Waals surface area contributed by atoms with Crippen LogP contribution in [0.4, 0.5) is 5.95 Å². The lowest BCUT2D eigenvalue weighted by atomic mass is 10.3. The van der Waals surface area contributed by atoms with E-state index in [-0.39, 0.29) is 29.9 Å². The third kappa shape index (κ3) is 3.94. The highest BCUT2D eigenvalue weighted by molar-refractivity contribution is 5.91. The van der Waals surface area contributed by atoms with Gasteiger partial charge in [-0.2, -0.15) is 4.98 Å². The average molecular weight is 277 g/mol. The molecule has 0 saturated carbocycles. The summed E-state index contributed by atoms with van der Waals surface area (Å²) in [5, 5.41) is 11.6. The van der Waals surface area contributed by atoms with Gasteiger partial charge in [-0.25, -0.2) is 0 Å². The Balaban J connectivity index is 1.63. The summed E-state index contributed by atoms with van der Waals surface area (Å²) in [6.45, 7) is 2.13. The summed E-state index contributed by atoms with van der Waals surface area (Å²) in [4.78, 5) is 27.0. The van der Waals surface area contributed by atoms with E-state index < -0.39 is 0 Å². The summed E-state index contributed by atoms with van der Waals surface area (Å²) >= 11 is 0. The quantitative estimate of drug-likeness (QED) is 0.678. The Bertz CT molecular complexity index is 576. The zero-order valence-corrected chi connectivity index (χ0v) is 11.0. The molecule has 2 aromatic heterocycles. The highest BCUT2D eigenvalue weighted by atomic mass is 16.3. The molecule has 3 N–H and O–H groups in total. The molecule has 0 spiro atoms. The van der Waals surface area contributed by atoms with Gasteiger partial charge in [0, 0.05) is 13.0 Å². The number of amides is 2. The van der Waals surface area contributed by atoms with Crippen molar-refractivity contribution in [3.8, 4) is 0 Å². The van der Waals surface area contributed by atoms with Gasteiger partial charge in [0.15, 0.2) is 5.76 Å². The molecule has 0 aliphatic carbocycles. The monoisotopic (exact) mass is 277 g/mol. The number of aryl methyl sites for hydroxylation is 1. The maximum atomic E-state index is 11.6. The third-order valence-corrected chi connectivity index (χ3v) is 2.46. The number of carbonyl (C=O) groups excluding carboxylic acids is 2. The summed E-state index contributed by atoms with van der Waals surface area (Å²) in [6.07, 6.45) is 2.22. The lowest BCUT2D eigenvalue weighted by Gasteiger charge is -2.03. The summed E-state index contributed by atoms with van der Waals surface area (Å²) < 4.78 is 4.94. The van der Waals surface area contributed by atoms with Gasteiger partial charge < -0.3 is 9.73 Å². The van der Waals surface area contributed by atoms with Crippen molar-refractivity contribution in [2.24, 2.45) is 0 Å². The molecule has 0 bridgehead atoms. The van der Waals surface area contributed by atoms with Crippen LogP contribution in [0.15, 0.2) is 22.8 Å². The molecule has 0 atom stereocenters. The Morgan fingerprint density at radius 3 is 2.95 bits per heavy atom. The SMILES string of the molecule is Cc1nc(NC(=O)CCCNC(=O)c2ccco2)n[nH]1. The van der Waals surface area contributed by atoms with Crippen LogP contribution in [0.5, 0.6) is 0 Å². The van der Waals surface area contributed by atoms with Gasteiger partial charge in [0.05, 0.1) is 6.26 Å². The normalized spacial score (nSPS) is 10.2. The Hall–Kier alpha value is -2.64. The van der Waals surface area contributed by atoms with Crippen LogP contribution in [0.2, 0.25) is 0 Å². The van der Waals surface area contributed by atoms with E-state index >= 15 is 0 Å². The number of nitrogens with one attached hydrogen (secondary N) is 3. The molecule has 2 rings (SSSR count). The number of aromatic amines is 1. The number of H-pyrrole nitrogens is 1. The van der Waals surface area contributed by atoms with Crippen molar-refractivity contribution in [3.63, 3.8) is 0 Å². The molecule has 2 amide bonds. The number of carbonyl (C=O) groups is 2. The highest BCUT2D eigenvalue weighted by Crippen LogP contribution is 2.01. The Kier molecular flexibility index (Phi) is 4.48. The molecule has 2 aromatic rings. The van der Waals surface area contributed by atoms with E-state index in [9.17, 15) is 9.59 Å². The smallest absolute Gasteiger partial charge is 0.286 e. The van der Waals surface area contributed by atoms with Crippen molar-refractivity contribution in [3.05, 3.63) is 30.0 Å². The fraction of sp³-hybridized carbons (Fsp3) is 0.333. The Morgan fingerprint density at radius 1 is 1.45 bits per heavy atom. The number of furan rings is 1. The minimum absolute atomic E-state index is 0.198. The van der Waals surface area contributed by atoms with E-state index in [0.29, 0.717) is 18.8 Å². The summed E-state index contributed by atoms with van der Waals surface area (Å²) in [5.41, 5.74) is 0. The van der Waals surface area contributed by atoms with Gasteiger partial charge in [0.2, 0.25) is 11.9 Å². The first-order valence-electron chi connectivity index (χ1n) is 6.15. The number of aromatic nitrogens is 3. The molecule has 0 radical (unpaired) electrons. The fourth-order valence-corrected chi connectivity index (χ4v) is 1.53. The molecule has 106 valence electrons. The molecule has 0 aliphatic rings. The van der Waals surface area contributed by atoms with Crippen LogP contribution < -0.4 is 10.6 Å². The maximum absolute atomic E-state index is 11.6. The number of hydrogen-bond acceptors (Lipinski definition) is 5. The van der Waals surface area contributed by atoms with E-state index in [1.807, 2.05) is 0 Å². The third-order valence-electron chi connectivity index (χ3n) is 2.46. The van der Waals surface area contributed by atoms with Crippen LogP contribution in [0.1, 0.15) is 29.2 Å². The van der Waals surface area contributed by atoms with Gasteiger partial charge in [-0.05, 0) is 25.5 Å². The standard InChI is InChI=1S/C12H15N5O3/c1-8-14-12(17-16-8)15-10(18)5-2-6-13-11(19)9-4-3-7-20-9/h3-4,7H,2,5-6H2,1H3,(H,13,19)(H2,14,15,16,17,18). The fourth-order valence-electron chi connectivity index (χ4n) is 1.53. The van der Waals surface area contributed by atoms with Gasteiger partial charge in [-0.15, -0.1) is 5.10 Å². The largest absolute Gasteiger partial charge is 0.459 e. The zero-order chi connectivity index (χ0) is 14.4. The minimum Gasteiger partial charge on any atom is -0.459 e. The van der Waals surface area contributed by atoms with Gasteiger partial charge in [-0.3, -0.25) is 20.0 Å². The number of anilines is 1. The van der Waals surface area contributed by atoms with Crippen molar-refractivity contribution >= 4 is 17.8 Å². The van der Waals surface area contributed by atoms with Gasteiger partial charge in [0.1, 0.15) is 5.82 Å². The van der Waals surface area contributed by atoms with E-state index in [4.69, 9.17) is 4.42 Å². The number of hydrogen-bond donors (Lipinski definition) is 3. The van der Waals surface area contributed by atoms with Gasteiger partial charge >= 0.3 is 0 Å². The molecule has 20 heavy (non-hydrogen) atoms. The van der Waals surface area contributed by atoms with E-state index in [0.717, 1.165) is 0 Å². The first-order chi connectivity index (χ1) is 9.65. The highest BCUT2D eigenvalue weighted by Gasteiger charge is 2.09. The Labute approximate surface area is 115 Å². The predicted octanol–water partition coefficient (Wildman–Crippen LogP) is 0.855. The summed E-state index contributed by atoms with van der Waals surface area (Å²) in [6, 6.07) is 3.22. The lowest BCUT2D eigenvalue weighted by Crippen LogP contribution is -2.25. The predicted molar refractivity (Wildman–Crippen MR) is 70.0 cm³/mol. The zero-order valence-electron chi connectivity index (χ0n) is 11.0. The van der Waals surface area contributed by atoms with Crippen LogP contribution in [0.3, 0.4) is 0 Å². The molecule has 0 fully saturated rings. The first-order valence-corrected chi connectivity index (χ1v) is 6.15. The molecule has 0 unspecified atom stereocenters. The van der Waals surface area contributed by atoms with Crippen LogP contribution >= 0.6 is 0 Å². The van der Waals surface area contributed by atoms with E-state index in [1.165, 1.54) is 6.26 Å². The molecule has 0 saturated heterocycles. The van der Waals surface area contributed by atoms with Crippen molar-refractivity contribution in [1.29, 1.82) is 0 Å².